The molecule has 12 heteroatoms. The van der Waals surface area contributed by atoms with Crippen molar-refractivity contribution in [3.63, 3.8) is 0 Å². The third-order valence-electron chi connectivity index (χ3n) is 3.70. The number of carboxylic acids is 1. The number of amides is 1. The summed E-state index contributed by atoms with van der Waals surface area (Å²) in [7, 11) is 0. The molecule has 0 saturated carbocycles. The molecule has 0 unspecified atom stereocenters. The average Bonchev–Trinajstić information content (AvgIpc) is 2.67. The Morgan fingerprint density at radius 1 is 0.844 bits per heavy atom. The molecular weight excluding hydrogens is 430 g/mol. The summed E-state index contributed by atoms with van der Waals surface area (Å²) in [6, 6.07) is 5.40. The number of ether oxygens (including phenoxy) is 4. The molecule has 0 aliphatic heterocycles. The fourth-order valence-electron chi connectivity index (χ4n) is 2.56. The maximum absolute atomic E-state index is 13.0. The van der Waals surface area contributed by atoms with Gasteiger partial charge in [-0.15, -0.1) is 0 Å². The standard InChI is InChI=1S/C20H23NO11/c1-10(22)29-9-16(30-11(2)23)17(31-12(3)24)18(32-13(4)25)19(26)21-15-8-6-5-7-14(15)20(27)28/h5-8,16-18H,9H2,1-4H3,(H,21,26)(H,27,28)/t16-,17-,18-/m1/s1. The van der Waals surface area contributed by atoms with E-state index in [0.717, 1.165) is 27.7 Å². The number of rotatable bonds is 10. The van der Waals surface area contributed by atoms with Crippen LogP contribution in [-0.4, -0.2) is 65.8 Å². The summed E-state index contributed by atoms with van der Waals surface area (Å²) in [6.45, 7) is 3.44. The molecule has 0 heterocycles. The molecule has 0 spiro atoms. The molecule has 32 heavy (non-hydrogen) atoms. The molecule has 0 radical (unpaired) electrons. The predicted octanol–water partition coefficient (Wildman–Crippen LogP) is 0.682. The maximum Gasteiger partial charge on any atom is 0.337 e. The maximum atomic E-state index is 13.0. The Bertz CT molecular complexity index is 895. The van der Waals surface area contributed by atoms with Gasteiger partial charge in [-0.05, 0) is 12.1 Å². The van der Waals surface area contributed by atoms with E-state index in [1.54, 1.807) is 0 Å². The van der Waals surface area contributed by atoms with E-state index < -0.39 is 60.7 Å². The lowest BCUT2D eigenvalue weighted by Gasteiger charge is -2.31. The lowest BCUT2D eigenvalue weighted by Crippen LogP contribution is -2.52. The van der Waals surface area contributed by atoms with Gasteiger partial charge in [0.05, 0.1) is 11.3 Å². The van der Waals surface area contributed by atoms with Crippen LogP contribution in [0.25, 0.3) is 0 Å². The summed E-state index contributed by atoms with van der Waals surface area (Å²) in [5, 5.41) is 11.6. The largest absolute Gasteiger partial charge is 0.478 e. The van der Waals surface area contributed by atoms with Gasteiger partial charge in [0.2, 0.25) is 6.10 Å². The normalized spacial score (nSPS) is 13.0. The number of carbonyl (C=O) groups excluding carboxylic acids is 5. The van der Waals surface area contributed by atoms with E-state index in [-0.39, 0.29) is 11.3 Å². The summed E-state index contributed by atoms with van der Waals surface area (Å²) >= 11 is 0. The van der Waals surface area contributed by atoms with Gasteiger partial charge in [0.1, 0.15) is 6.61 Å². The summed E-state index contributed by atoms with van der Waals surface area (Å²) < 4.78 is 19.9. The van der Waals surface area contributed by atoms with Crippen molar-refractivity contribution in [2.24, 2.45) is 0 Å². The molecule has 0 aromatic heterocycles. The van der Waals surface area contributed by atoms with E-state index in [4.69, 9.17) is 18.9 Å². The van der Waals surface area contributed by atoms with E-state index in [0.29, 0.717) is 0 Å². The second-order valence-electron chi connectivity index (χ2n) is 6.39. The van der Waals surface area contributed by atoms with Crippen LogP contribution in [-0.2, 0) is 42.9 Å². The number of carboxylic acid groups (broad SMARTS) is 1. The zero-order chi connectivity index (χ0) is 24.4. The molecule has 1 amide bonds. The molecule has 0 aliphatic carbocycles. The molecule has 0 fully saturated rings. The van der Waals surface area contributed by atoms with Gasteiger partial charge >= 0.3 is 29.8 Å². The Kier molecular flexibility index (Phi) is 9.80. The molecule has 1 aromatic rings. The Balaban J connectivity index is 3.38. The highest BCUT2D eigenvalue weighted by molar-refractivity contribution is 6.02. The van der Waals surface area contributed by atoms with Crippen molar-refractivity contribution in [1.82, 2.24) is 0 Å². The minimum absolute atomic E-state index is 0.132. The Morgan fingerprint density at radius 3 is 1.91 bits per heavy atom. The van der Waals surface area contributed by atoms with Crippen molar-refractivity contribution in [3.05, 3.63) is 29.8 Å². The van der Waals surface area contributed by atoms with E-state index in [2.05, 4.69) is 5.32 Å². The van der Waals surface area contributed by atoms with Gasteiger partial charge in [-0.1, -0.05) is 12.1 Å². The number of hydrogen-bond acceptors (Lipinski definition) is 10. The Morgan fingerprint density at radius 2 is 1.41 bits per heavy atom. The lowest BCUT2D eigenvalue weighted by molar-refractivity contribution is -0.190. The van der Waals surface area contributed by atoms with Gasteiger partial charge < -0.3 is 29.4 Å². The van der Waals surface area contributed by atoms with Gasteiger partial charge in [-0.2, -0.15) is 0 Å². The monoisotopic (exact) mass is 453 g/mol. The molecule has 2 N–H and O–H groups in total. The number of benzene rings is 1. The van der Waals surface area contributed by atoms with Crippen molar-refractivity contribution in [2.45, 2.75) is 46.0 Å². The highest BCUT2D eigenvalue weighted by Crippen LogP contribution is 2.20. The minimum atomic E-state index is -1.89. The first-order valence-electron chi connectivity index (χ1n) is 9.20. The fourth-order valence-corrected chi connectivity index (χ4v) is 2.56. The van der Waals surface area contributed by atoms with Crippen LogP contribution in [0.3, 0.4) is 0 Å². The molecule has 3 atom stereocenters. The molecule has 12 nitrogen and oxygen atoms in total. The topological polar surface area (TPSA) is 172 Å². The van der Waals surface area contributed by atoms with Crippen LogP contribution >= 0.6 is 0 Å². The second-order valence-corrected chi connectivity index (χ2v) is 6.39. The summed E-state index contributed by atoms with van der Waals surface area (Å²) in [6.07, 6.45) is -5.14. The number of carbonyl (C=O) groups is 6. The van der Waals surface area contributed by atoms with Crippen LogP contribution in [0, 0.1) is 0 Å². The van der Waals surface area contributed by atoms with Gasteiger partial charge in [0.15, 0.2) is 12.2 Å². The molecule has 1 rings (SSSR count). The van der Waals surface area contributed by atoms with Gasteiger partial charge in [-0.25, -0.2) is 4.79 Å². The van der Waals surface area contributed by atoms with E-state index in [9.17, 15) is 33.9 Å². The minimum Gasteiger partial charge on any atom is -0.478 e. The first kappa shape index (κ1) is 26.1. The molecule has 0 bridgehead atoms. The predicted molar refractivity (Wildman–Crippen MR) is 105 cm³/mol. The SMILES string of the molecule is CC(=O)OC[C@@H](OC(C)=O)[C@@H](OC(C)=O)[C@@H](OC(C)=O)C(=O)Nc1ccccc1C(=O)O. The number of anilines is 1. The third kappa shape index (κ3) is 8.42. The highest BCUT2D eigenvalue weighted by Gasteiger charge is 2.42. The zero-order valence-electron chi connectivity index (χ0n) is 17.8. The van der Waals surface area contributed by atoms with Gasteiger partial charge in [-0.3, -0.25) is 24.0 Å². The lowest BCUT2D eigenvalue weighted by atomic mass is 10.1. The third-order valence-corrected chi connectivity index (χ3v) is 3.70. The number of para-hydroxylation sites is 1. The first-order chi connectivity index (χ1) is 14.9. The van der Waals surface area contributed by atoms with Crippen molar-refractivity contribution >= 4 is 41.4 Å². The van der Waals surface area contributed by atoms with Gasteiger partial charge in [0, 0.05) is 27.7 Å². The second kappa shape index (κ2) is 12.0. The smallest absolute Gasteiger partial charge is 0.337 e. The van der Waals surface area contributed by atoms with E-state index >= 15 is 0 Å². The van der Waals surface area contributed by atoms with Crippen LogP contribution < -0.4 is 5.32 Å². The highest BCUT2D eigenvalue weighted by atomic mass is 16.6. The molecule has 0 aliphatic rings. The van der Waals surface area contributed by atoms with Crippen LogP contribution in [0.2, 0.25) is 0 Å². The zero-order valence-corrected chi connectivity index (χ0v) is 17.8. The number of esters is 4. The first-order valence-corrected chi connectivity index (χ1v) is 9.20. The van der Waals surface area contributed by atoms with Crippen LogP contribution in [0.1, 0.15) is 38.1 Å². The molecule has 174 valence electrons. The van der Waals surface area contributed by atoms with E-state index in [1.807, 2.05) is 0 Å². The summed E-state index contributed by atoms with van der Waals surface area (Å²) in [5.74, 6) is -5.92. The summed E-state index contributed by atoms with van der Waals surface area (Å²) in [5.41, 5.74) is -0.393. The fraction of sp³-hybridized carbons (Fsp3) is 0.400. The number of nitrogens with one attached hydrogen (secondary N) is 1. The van der Waals surface area contributed by atoms with E-state index in [1.165, 1.54) is 24.3 Å². The quantitative estimate of drug-likeness (QED) is 0.377. The van der Waals surface area contributed by atoms with Crippen molar-refractivity contribution in [2.75, 3.05) is 11.9 Å². The Hall–Kier alpha value is -3.96. The van der Waals surface area contributed by atoms with Crippen molar-refractivity contribution in [3.8, 4) is 0 Å². The average molecular weight is 453 g/mol. The Labute approximate surface area is 182 Å². The van der Waals surface area contributed by atoms with Crippen LogP contribution in [0.15, 0.2) is 24.3 Å². The number of aromatic carboxylic acids is 1. The van der Waals surface area contributed by atoms with Crippen molar-refractivity contribution in [1.29, 1.82) is 0 Å². The molecular formula is C20H23NO11. The van der Waals surface area contributed by atoms with Crippen molar-refractivity contribution < 1.29 is 52.8 Å². The summed E-state index contributed by atoms with van der Waals surface area (Å²) in [4.78, 5) is 70.4. The molecule has 1 aromatic carbocycles. The molecule has 0 saturated heterocycles. The van der Waals surface area contributed by atoms with Crippen LogP contribution in [0.4, 0.5) is 5.69 Å². The number of hydrogen-bond donors (Lipinski definition) is 2. The van der Waals surface area contributed by atoms with Gasteiger partial charge in [0.25, 0.3) is 5.91 Å². The van der Waals surface area contributed by atoms with Crippen LogP contribution in [0.5, 0.6) is 0 Å².